The van der Waals surface area contributed by atoms with E-state index in [-0.39, 0.29) is 11.3 Å². The number of hydrogen-bond acceptors (Lipinski definition) is 7. The first kappa shape index (κ1) is 21.2. The molecule has 0 atom stereocenters. The van der Waals surface area contributed by atoms with Crippen LogP contribution in [0.15, 0.2) is 45.6 Å². The predicted octanol–water partition coefficient (Wildman–Crippen LogP) is 4.38. The van der Waals surface area contributed by atoms with Crippen molar-refractivity contribution < 1.29 is 28.2 Å². The van der Waals surface area contributed by atoms with Gasteiger partial charge in [-0.3, -0.25) is 0 Å². The number of rotatable bonds is 8. The van der Waals surface area contributed by atoms with Crippen LogP contribution in [0.3, 0.4) is 0 Å². The van der Waals surface area contributed by atoms with Crippen LogP contribution < -0.4 is 24.6 Å². The van der Waals surface area contributed by atoms with E-state index in [1.165, 1.54) is 39.5 Å². The van der Waals surface area contributed by atoms with Crippen LogP contribution in [0.5, 0.6) is 23.0 Å². The highest BCUT2D eigenvalue weighted by Crippen LogP contribution is 2.38. The summed E-state index contributed by atoms with van der Waals surface area (Å²) >= 11 is 0. The highest BCUT2D eigenvalue weighted by Gasteiger charge is 2.19. The van der Waals surface area contributed by atoms with Gasteiger partial charge in [-0.25, -0.2) is 9.59 Å². The van der Waals surface area contributed by atoms with E-state index in [0.717, 1.165) is 30.2 Å². The Bertz CT molecular complexity index is 1090. The Kier molecular flexibility index (Phi) is 6.61. The maximum absolute atomic E-state index is 12.7. The van der Waals surface area contributed by atoms with Crippen molar-refractivity contribution in [1.29, 1.82) is 0 Å². The minimum atomic E-state index is -0.613. The summed E-state index contributed by atoms with van der Waals surface area (Å²) in [6, 6.07) is 9.54. The van der Waals surface area contributed by atoms with Crippen molar-refractivity contribution in [3.63, 3.8) is 0 Å². The fourth-order valence-corrected chi connectivity index (χ4v) is 3.21. The van der Waals surface area contributed by atoms with Crippen molar-refractivity contribution in [3.05, 3.63) is 57.9 Å². The molecule has 1 heterocycles. The molecule has 0 aliphatic rings. The Labute approximate surface area is 174 Å². The van der Waals surface area contributed by atoms with Gasteiger partial charge < -0.3 is 23.4 Å². The van der Waals surface area contributed by atoms with Crippen LogP contribution in [-0.4, -0.2) is 27.3 Å². The van der Waals surface area contributed by atoms with Crippen LogP contribution in [0.1, 0.15) is 35.7 Å². The van der Waals surface area contributed by atoms with Crippen LogP contribution in [0, 0.1) is 0 Å². The first-order chi connectivity index (χ1) is 14.5. The molecule has 1 aromatic heterocycles. The van der Waals surface area contributed by atoms with E-state index in [4.69, 9.17) is 23.4 Å². The molecular formula is C23H24O7. The molecule has 0 N–H and O–H groups in total. The monoisotopic (exact) mass is 412 g/mol. The van der Waals surface area contributed by atoms with Gasteiger partial charge in [0, 0.05) is 17.5 Å². The topological polar surface area (TPSA) is 84.2 Å². The fraction of sp³-hybridized carbons (Fsp3) is 0.304. The van der Waals surface area contributed by atoms with E-state index in [1.807, 2.05) is 0 Å². The first-order valence-corrected chi connectivity index (χ1v) is 9.59. The lowest BCUT2D eigenvalue weighted by molar-refractivity contribution is 0.0734. The van der Waals surface area contributed by atoms with Crippen LogP contribution in [0.2, 0.25) is 0 Å². The summed E-state index contributed by atoms with van der Waals surface area (Å²) in [6.07, 6.45) is 2.77. The van der Waals surface area contributed by atoms with Crippen LogP contribution in [0.25, 0.3) is 11.0 Å². The molecule has 0 radical (unpaired) electrons. The minimum absolute atomic E-state index is 0.225. The van der Waals surface area contributed by atoms with Crippen molar-refractivity contribution in [3.8, 4) is 23.0 Å². The minimum Gasteiger partial charge on any atom is -0.493 e. The second-order valence-corrected chi connectivity index (χ2v) is 6.66. The molecule has 0 amide bonds. The number of aryl methyl sites for hydroxylation is 1. The third-order valence-corrected chi connectivity index (χ3v) is 4.71. The number of esters is 1. The van der Waals surface area contributed by atoms with Crippen LogP contribution in [-0.2, 0) is 6.42 Å². The molecule has 0 fully saturated rings. The lowest BCUT2D eigenvalue weighted by atomic mass is 10.0. The van der Waals surface area contributed by atoms with Gasteiger partial charge in [-0.2, -0.15) is 0 Å². The molecule has 7 nitrogen and oxygen atoms in total. The molecule has 0 saturated carbocycles. The van der Waals surface area contributed by atoms with Gasteiger partial charge in [-0.1, -0.05) is 13.3 Å². The molecule has 3 aromatic rings. The number of methoxy groups -OCH3 is 3. The Morgan fingerprint density at radius 3 is 2.27 bits per heavy atom. The Morgan fingerprint density at radius 2 is 1.67 bits per heavy atom. The van der Waals surface area contributed by atoms with E-state index < -0.39 is 11.6 Å². The highest BCUT2D eigenvalue weighted by molar-refractivity contribution is 5.93. The number of fused-ring (bicyclic) bond motifs is 1. The number of ether oxygens (including phenoxy) is 4. The van der Waals surface area contributed by atoms with Gasteiger partial charge in [-0.05, 0) is 42.7 Å². The molecule has 0 spiro atoms. The van der Waals surface area contributed by atoms with Crippen molar-refractivity contribution in [2.24, 2.45) is 0 Å². The van der Waals surface area contributed by atoms with Gasteiger partial charge in [0.25, 0.3) is 0 Å². The van der Waals surface area contributed by atoms with Crippen molar-refractivity contribution >= 4 is 16.9 Å². The molecule has 0 saturated heterocycles. The van der Waals surface area contributed by atoms with E-state index >= 15 is 0 Å². The zero-order valence-electron chi connectivity index (χ0n) is 17.4. The highest BCUT2D eigenvalue weighted by atomic mass is 16.5. The number of hydrogen-bond donors (Lipinski definition) is 0. The van der Waals surface area contributed by atoms with Gasteiger partial charge >= 0.3 is 11.6 Å². The standard InChI is InChI=1S/C23H24O7/c1-5-6-7-14-12-21(24)30-18-13-16(8-9-17(14)18)29-23(25)15-10-19(26-2)22(28-4)20(11-15)27-3/h8-13H,5-7H2,1-4H3. The van der Waals surface area contributed by atoms with E-state index in [9.17, 15) is 9.59 Å². The molecule has 0 aliphatic heterocycles. The maximum atomic E-state index is 12.7. The van der Waals surface area contributed by atoms with E-state index in [1.54, 1.807) is 18.2 Å². The fourth-order valence-electron chi connectivity index (χ4n) is 3.21. The summed E-state index contributed by atoms with van der Waals surface area (Å²) in [5, 5.41) is 0.829. The predicted molar refractivity (Wildman–Crippen MR) is 112 cm³/mol. The SMILES string of the molecule is CCCCc1cc(=O)oc2cc(OC(=O)c3cc(OC)c(OC)c(OC)c3)ccc12. The summed E-state index contributed by atoms with van der Waals surface area (Å²) in [4.78, 5) is 24.6. The number of benzene rings is 2. The second kappa shape index (κ2) is 9.35. The van der Waals surface area contributed by atoms with Crippen molar-refractivity contribution in [1.82, 2.24) is 0 Å². The summed E-state index contributed by atoms with van der Waals surface area (Å²) < 4.78 is 26.6. The summed E-state index contributed by atoms with van der Waals surface area (Å²) in [7, 11) is 4.41. The van der Waals surface area contributed by atoms with Gasteiger partial charge in [0.1, 0.15) is 11.3 Å². The third-order valence-electron chi connectivity index (χ3n) is 4.71. The maximum Gasteiger partial charge on any atom is 0.343 e. The summed E-state index contributed by atoms with van der Waals surface area (Å²) in [5.74, 6) is 0.710. The van der Waals surface area contributed by atoms with Gasteiger partial charge in [0.05, 0.1) is 26.9 Å². The third kappa shape index (κ3) is 4.40. The van der Waals surface area contributed by atoms with Gasteiger partial charge in [0.2, 0.25) is 5.75 Å². The average molecular weight is 412 g/mol. The van der Waals surface area contributed by atoms with E-state index in [0.29, 0.717) is 22.8 Å². The molecule has 0 aliphatic carbocycles. The average Bonchev–Trinajstić information content (AvgIpc) is 2.75. The largest absolute Gasteiger partial charge is 0.493 e. The lowest BCUT2D eigenvalue weighted by Gasteiger charge is -2.14. The van der Waals surface area contributed by atoms with Crippen molar-refractivity contribution in [2.45, 2.75) is 26.2 Å². The van der Waals surface area contributed by atoms with Gasteiger partial charge in [-0.15, -0.1) is 0 Å². The Hall–Kier alpha value is -3.48. The molecule has 30 heavy (non-hydrogen) atoms. The second-order valence-electron chi connectivity index (χ2n) is 6.66. The molecular weight excluding hydrogens is 388 g/mol. The summed E-state index contributed by atoms with van der Waals surface area (Å²) in [5.41, 5.74) is 1.10. The molecule has 0 unspecified atom stereocenters. The molecule has 3 rings (SSSR count). The lowest BCUT2D eigenvalue weighted by Crippen LogP contribution is -2.10. The number of carbonyl (C=O) groups excluding carboxylic acids is 1. The smallest absolute Gasteiger partial charge is 0.343 e. The van der Waals surface area contributed by atoms with E-state index in [2.05, 4.69) is 6.92 Å². The molecule has 158 valence electrons. The molecule has 0 bridgehead atoms. The van der Waals surface area contributed by atoms with Crippen LogP contribution in [0.4, 0.5) is 0 Å². The number of unbranched alkanes of at least 4 members (excludes halogenated alkanes) is 1. The van der Waals surface area contributed by atoms with Crippen LogP contribution >= 0.6 is 0 Å². The first-order valence-electron chi connectivity index (χ1n) is 9.59. The zero-order valence-corrected chi connectivity index (χ0v) is 17.4. The quantitative estimate of drug-likeness (QED) is 0.308. The molecule has 2 aromatic carbocycles. The summed E-state index contributed by atoms with van der Waals surface area (Å²) in [6.45, 7) is 2.09. The normalized spacial score (nSPS) is 10.7. The Morgan fingerprint density at radius 1 is 0.967 bits per heavy atom. The zero-order chi connectivity index (χ0) is 21.7. The van der Waals surface area contributed by atoms with Gasteiger partial charge in [0.15, 0.2) is 11.5 Å². The number of carbonyl (C=O) groups is 1. The molecule has 7 heteroatoms. The van der Waals surface area contributed by atoms with Crippen molar-refractivity contribution in [2.75, 3.05) is 21.3 Å². The Balaban J connectivity index is 1.92.